The highest BCUT2D eigenvalue weighted by Crippen LogP contribution is 2.22. The maximum Gasteiger partial charge on any atom is 0.242 e. The monoisotopic (exact) mass is 410 g/mol. The summed E-state index contributed by atoms with van der Waals surface area (Å²) in [6.07, 6.45) is 3.07. The lowest BCUT2D eigenvalue weighted by atomic mass is 9.97. The van der Waals surface area contributed by atoms with Crippen molar-refractivity contribution in [3.63, 3.8) is 0 Å². The standard InChI is InChI=1S/C22H23ClN4O2/c1-15-11-16-5-2-3-7-19(16)27(15)14-21(28)26-10-4-6-17(13-26)22(29)25-20-9-8-18(23)12-24-20/h2-3,5,7-9,11-12,17H,4,6,10,13-14H2,1H3,(H,24,25,29). The summed E-state index contributed by atoms with van der Waals surface area (Å²) in [5.74, 6) is 0.154. The lowest BCUT2D eigenvalue weighted by Gasteiger charge is -2.32. The topological polar surface area (TPSA) is 67.2 Å². The van der Waals surface area contributed by atoms with E-state index in [4.69, 9.17) is 11.6 Å². The van der Waals surface area contributed by atoms with Crippen molar-refractivity contribution >= 4 is 40.1 Å². The molecule has 1 atom stereocenters. The van der Waals surface area contributed by atoms with E-state index in [-0.39, 0.29) is 24.3 Å². The van der Waals surface area contributed by atoms with E-state index in [2.05, 4.69) is 22.4 Å². The fourth-order valence-electron chi connectivity index (χ4n) is 3.89. The van der Waals surface area contributed by atoms with E-state index in [0.717, 1.165) is 29.4 Å². The number of benzene rings is 1. The summed E-state index contributed by atoms with van der Waals surface area (Å²) in [6, 6.07) is 13.5. The molecule has 7 heteroatoms. The fourth-order valence-corrected chi connectivity index (χ4v) is 4.00. The number of pyridine rings is 1. The first kappa shape index (κ1) is 19.5. The van der Waals surface area contributed by atoms with Gasteiger partial charge < -0.3 is 14.8 Å². The van der Waals surface area contributed by atoms with Gasteiger partial charge in [-0.1, -0.05) is 29.8 Å². The number of halogens is 1. The number of carbonyl (C=O) groups is 2. The first-order valence-electron chi connectivity index (χ1n) is 9.76. The molecule has 1 aliphatic rings. The molecule has 1 N–H and O–H groups in total. The second-order valence-corrected chi connectivity index (χ2v) is 7.90. The molecule has 2 aromatic heterocycles. The summed E-state index contributed by atoms with van der Waals surface area (Å²) in [7, 11) is 0. The Morgan fingerprint density at radius 1 is 1.24 bits per heavy atom. The van der Waals surface area contributed by atoms with Crippen LogP contribution in [0.2, 0.25) is 5.02 Å². The third-order valence-corrected chi connectivity index (χ3v) is 5.66. The Bertz CT molecular complexity index is 1040. The predicted molar refractivity (Wildman–Crippen MR) is 114 cm³/mol. The molecule has 0 spiro atoms. The van der Waals surface area contributed by atoms with Crippen molar-refractivity contribution in [1.82, 2.24) is 14.5 Å². The van der Waals surface area contributed by atoms with Gasteiger partial charge in [-0.25, -0.2) is 4.98 Å². The van der Waals surface area contributed by atoms with Crippen molar-refractivity contribution in [1.29, 1.82) is 0 Å². The van der Waals surface area contributed by atoms with Crippen molar-refractivity contribution < 1.29 is 9.59 Å². The Kier molecular flexibility index (Phi) is 5.53. The number of hydrogen-bond donors (Lipinski definition) is 1. The second kappa shape index (κ2) is 8.25. The maximum atomic E-state index is 13.0. The minimum absolute atomic E-state index is 0.0385. The third kappa shape index (κ3) is 4.27. The van der Waals surface area contributed by atoms with Crippen LogP contribution in [-0.4, -0.2) is 39.4 Å². The second-order valence-electron chi connectivity index (χ2n) is 7.46. The van der Waals surface area contributed by atoms with Gasteiger partial charge in [-0.15, -0.1) is 0 Å². The average molecular weight is 411 g/mol. The molecule has 150 valence electrons. The highest BCUT2D eigenvalue weighted by Gasteiger charge is 2.29. The first-order chi connectivity index (χ1) is 14.0. The Balaban J connectivity index is 1.42. The number of likely N-dealkylation sites (tertiary alicyclic amines) is 1. The molecule has 3 heterocycles. The predicted octanol–water partition coefficient (Wildman–Crippen LogP) is 3.88. The summed E-state index contributed by atoms with van der Waals surface area (Å²) in [5.41, 5.74) is 2.11. The smallest absolute Gasteiger partial charge is 0.242 e. The molecule has 0 aliphatic carbocycles. The normalized spacial score (nSPS) is 16.8. The largest absolute Gasteiger partial charge is 0.340 e. The maximum absolute atomic E-state index is 13.0. The summed E-state index contributed by atoms with van der Waals surface area (Å²) in [6.45, 7) is 3.40. The first-order valence-corrected chi connectivity index (χ1v) is 10.1. The van der Waals surface area contributed by atoms with Gasteiger partial charge >= 0.3 is 0 Å². The molecule has 2 amide bonds. The Morgan fingerprint density at radius 2 is 2.07 bits per heavy atom. The number of aromatic nitrogens is 2. The number of rotatable bonds is 4. The molecule has 1 saturated heterocycles. The highest BCUT2D eigenvalue weighted by molar-refractivity contribution is 6.30. The van der Waals surface area contributed by atoms with Crippen LogP contribution >= 0.6 is 11.6 Å². The highest BCUT2D eigenvalue weighted by atomic mass is 35.5. The van der Waals surface area contributed by atoms with Gasteiger partial charge in [0, 0.05) is 30.5 Å². The van der Waals surface area contributed by atoms with Crippen molar-refractivity contribution in [2.45, 2.75) is 26.3 Å². The zero-order valence-electron chi connectivity index (χ0n) is 16.3. The zero-order chi connectivity index (χ0) is 20.4. The molecule has 6 nitrogen and oxygen atoms in total. The van der Waals surface area contributed by atoms with Crippen molar-refractivity contribution in [3.8, 4) is 0 Å². The van der Waals surface area contributed by atoms with Crippen LogP contribution in [0, 0.1) is 12.8 Å². The number of fused-ring (bicyclic) bond motifs is 1. The van der Waals surface area contributed by atoms with Gasteiger partial charge in [0.1, 0.15) is 12.4 Å². The minimum Gasteiger partial charge on any atom is -0.340 e. The average Bonchev–Trinajstić information content (AvgIpc) is 3.05. The van der Waals surface area contributed by atoms with Crippen molar-refractivity contribution in [3.05, 3.63) is 59.4 Å². The molecular formula is C22H23ClN4O2. The van der Waals surface area contributed by atoms with Crippen LogP contribution in [0.15, 0.2) is 48.7 Å². The van der Waals surface area contributed by atoms with Crippen molar-refractivity contribution in [2.75, 3.05) is 18.4 Å². The molecule has 0 radical (unpaired) electrons. The van der Waals surface area contributed by atoms with Gasteiger partial charge in [-0.05, 0) is 49.4 Å². The lowest BCUT2D eigenvalue weighted by Crippen LogP contribution is -2.45. The molecular weight excluding hydrogens is 388 g/mol. The molecule has 0 saturated carbocycles. The van der Waals surface area contributed by atoms with Gasteiger partial charge in [-0.2, -0.15) is 0 Å². The number of nitrogens with zero attached hydrogens (tertiary/aromatic N) is 3. The van der Waals surface area contributed by atoms with E-state index < -0.39 is 0 Å². The molecule has 1 fully saturated rings. The molecule has 0 bridgehead atoms. The fraction of sp³-hybridized carbons (Fsp3) is 0.318. The summed E-state index contributed by atoms with van der Waals surface area (Å²) in [4.78, 5) is 31.5. The van der Waals surface area contributed by atoms with Crippen LogP contribution in [0.25, 0.3) is 10.9 Å². The number of carbonyl (C=O) groups excluding carboxylic acids is 2. The third-order valence-electron chi connectivity index (χ3n) is 5.43. The number of hydrogen-bond acceptors (Lipinski definition) is 3. The number of anilines is 1. The van der Waals surface area contributed by atoms with Crippen LogP contribution in [0.5, 0.6) is 0 Å². The van der Waals surface area contributed by atoms with Gasteiger partial charge in [-0.3, -0.25) is 9.59 Å². The molecule has 1 aromatic carbocycles. The lowest BCUT2D eigenvalue weighted by molar-refractivity contribution is -0.135. The van der Waals surface area contributed by atoms with Crippen LogP contribution in [-0.2, 0) is 16.1 Å². The summed E-state index contributed by atoms with van der Waals surface area (Å²) >= 11 is 5.84. The van der Waals surface area contributed by atoms with E-state index in [1.165, 1.54) is 6.20 Å². The SMILES string of the molecule is Cc1cc2ccccc2n1CC(=O)N1CCCC(C(=O)Nc2ccc(Cl)cn2)C1. The Morgan fingerprint density at radius 3 is 2.86 bits per heavy atom. The molecule has 1 aliphatic heterocycles. The molecule has 4 rings (SSSR count). The number of aryl methyl sites for hydroxylation is 1. The van der Waals surface area contributed by atoms with Crippen LogP contribution in [0.3, 0.4) is 0 Å². The van der Waals surface area contributed by atoms with E-state index in [0.29, 0.717) is 23.9 Å². The van der Waals surface area contributed by atoms with Crippen molar-refractivity contribution in [2.24, 2.45) is 5.92 Å². The van der Waals surface area contributed by atoms with Gasteiger partial charge in [0.15, 0.2) is 0 Å². The number of nitrogens with one attached hydrogen (secondary N) is 1. The van der Waals surface area contributed by atoms with Crippen LogP contribution in [0.4, 0.5) is 5.82 Å². The van der Waals surface area contributed by atoms with Gasteiger partial charge in [0.25, 0.3) is 0 Å². The van der Waals surface area contributed by atoms with Crippen LogP contribution in [0.1, 0.15) is 18.5 Å². The van der Waals surface area contributed by atoms with E-state index in [1.54, 1.807) is 17.0 Å². The van der Waals surface area contributed by atoms with E-state index in [1.807, 2.05) is 29.7 Å². The number of para-hydroxylation sites is 1. The Labute approximate surface area is 174 Å². The van der Waals surface area contributed by atoms with E-state index >= 15 is 0 Å². The van der Waals surface area contributed by atoms with E-state index in [9.17, 15) is 9.59 Å². The quantitative estimate of drug-likeness (QED) is 0.709. The minimum atomic E-state index is -0.243. The summed E-state index contributed by atoms with van der Waals surface area (Å²) in [5, 5.41) is 4.47. The van der Waals surface area contributed by atoms with Gasteiger partial charge in [0.05, 0.1) is 10.9 Å². The number of amides is 2. The Hall–Kier alpha value is -2.86. The summed E-state index contributed by atoms with van der Waals surface area (Å²) < 4.78 is 2.04. The van der Waals surface area contributed by atoms with Crippen LogP contribution < -0.4 is 5.32 Å². The van der Waals surface area contributed by atoms with Gasteiger partial charge in [0.2, 0.25) is 11.8 Å². The molecule has 1 unspecified atom stereocenters. The number of piperidine rings is 1. The molecule has 3 aromatic rings. The molecule has 29 heavy (non-hydrogen) atoms. The zero-order valence-corrected chi connectivity index (χ0v) is 17.0.